The third-order valence-electron chi connectivity index (χ3n) is 4.23. The number of hydrogen-bond acceptors (Lipinski definition) is 3. The number of phenols is 1. The third kappa shape index (κ3) is 2.75. The van der Waals surface area contributed by atoms with Crippen LogP contribution < -0.4 is 5.73 Å². The maximum Gasteiger partial charge on any atom is 0.116 e. The summed E-state index contributed by atoms with van der Waals surface area (Å²) in [6.07, 6.45) is 2.90. The Hall–Kier alpha value is -1.29. The van der Waals surface area contributed by atoms with Gasteiger partial charge in [-0.1, -0.05) is 24.6 Å². The Bertz CT molecular complexity index is 598. The lowest BCUT2D eigenvalue weighted by Gasteiger charge is -2.33. The molecule has 0 unspecified atom stereocenters. The smallest absolute Gasteiger partial charge is 0.116 e. The van der Waals surface area contributed by atoms with Gasteiger partial charge in [0.1, 0.15) is 5.75 Å². The average Bonchev–Trinajstić information content (AvgIpc) is 2.35. The highest BCUT2D eigenvalue weighted by atomic mass is 35.5. The molecule has 0 bridgehead atoms. The van der Waals surface area contributed by atoms with Crippen LogP contribution in [0.4, 0.5) is 0 Å². The topological polar surface area (TPSA) is 66.5 Å². The van der Waals surface area contributed by atoms with E-state index in [0.717, 1.165) is 29.2 Å². The lowest BCUT2D eigenvalue weighted by molar-refractivity contribution is 0.0414. The summed E-state index contributed by atoms with van der Waals surface area (Å²) in [6.45, 7) is 0. The van der Waals surface area contributed by atoms with E-state index in [0.29, 0.717) is 5.92 Å². The van der Waals surface area contributed by atoms with Gasteiger partial charge >= 0.3 is 0 Å². The maximum atomic E-state index is 10.2. The third-order valence-corrected chi connectivity index (χ3v) is 4.23. The van der Waals surface area contributed by atoms with Crippen LogP contribution in [-0.4, -0.2) is 16.3 Å². The Kier molecular flexibility index (Phi) is 4.53. The summed E-state index contributed by atoms with van der Waals surface area (Å²) in [5.41, 5.74) is 7.13. The Balaban J connectivity index is 0.00000147. The van der Waals surface area contributed by atoms with Crippen molar-refractivity contribution < 1.29 is 10.2 Å². The van der Waals surface area contributed by atoms with Crippen molar-refractivity contribution in [2.45, 2.75) is 31.4 Å². The minimum atomic E-state index is -0.455. The van der Waals surface area contributed by atoms with E-state index in [9.17, 15) is 10.2 Å². The van der Waals surface area contributed by atoms with Gasteiger partial charge in [-0.15, -0.1) is 12.4 Å². The molecule has 1 fully saturated rings. The maximum absolute atomic E-state index is 10.2. The molecule has 0 saturated heterocycles. The van der Waals surface area contributed by atoms with Crippen molar-refractivity contribution in [3.05, 3.63) is 42.0 Å². The molecule has 4 heteroatoms. The highest BCUT2D eigenvalue weighted by Crippen LogP contribution is 2.35. The Morgan fingerprint density at radius 2 is 1.70 bits per heavy atom. The molecule has 2 aromatic rings. The van der Waals surface area contributed by atoms with Crippen molar-refractivity contribution in [2.24, 2.45) is 11.7 Å². The molecule has 1 aliphatic rings. The number of aromatic hydroxyl groups is 1. The summed E-state index contributed by atoms with van der Waals surface area (Å²) < 4.78 is 0. The second kappa shape index (κ2) is 6.00. The standard InChI is InChI=1S/C16H19NO2.ClH/c17-15(16(19)10-2-1-3-10)13-5-4-12-9-14(18)7-6-11(12)8-13;/h4-10,15-16,18-19H,1-3,17H2;1H/t15-,16+;/m0./s1. The monoisotopic (exact) mass is 293 g/mol. The molecule has 108 valence electrons. The van der Waals surface area contributed by atoms with Crippen molar-refractivity contribution in [2.75, 3.05) is 0 Å². The highest BCUT2D eigenvalue weighted by molar-refractivity contribution is 5.85. The highest BCUT2D eigenvalue weighted by Gasteiger charge is 2.30. The molecule has 4 N–H and O–H groups in total. The summed E-state index contributed by atoms with van der Waals surface area (Å²) in [7, 11) is 0. The van der Waals surface area contributed by atoms with Gasteiger partial charge in [0, 0.05) is 0 Å². The molecule has 3 rings (SSSR count). The van der Waals surface area contributed by atoms with E-state index < -0.39 is 6.10 Å². The van der Waals surface area contributed by atoms with Crippen molar-refractivity contribution in [1.82, 2.24) is 0 Å². The van der Waals surface area contributed by atoms with Crippen molar-refractivity contribution in [1.29, 1.82) is 0 Å². The van der Waals surface area contributed by atoms with Crippen LogP contribution in [0.5, 0.6) is 5.75 Å². The molecule has 0 amide bonds. The van der Waals surface area contributed by atoms with Gasteiger partial charge in [0.15, 0.2) is 0 Å². The minimum absolute atomic E-state index is 0. The molecule has 0 radical (unpaired) electrons. The van der Waals surface area contributed by atoms with E-state index >= 15 is 0 Å². The van der Waals surface area contributed by atoms with Crippen molar-refractivity contribution >= 4 is 23.2 Å². The van der Waals surface area contributed by atoms with Crippen molar-refractivity contribution in [3.8, 4) is 5.75 Å². The largest absolute Gasteiger partial charge is 0.508 e. The first-order valence-corrected chi connectivity index (χ1v) is 6.81. The average molecular weight is 294 g/mol. The van der Waals surface area contributed by atoms with E-state index in [2.05, 4.69) is 0 Å². The predicted octanol–water partition coefficient (Wildman–Crippen LogP) is 3.13. The molecule has 1 saturated carbocycles. The lowest BCUT2D eigenvalue weighted by atomic mass is 9.77. The van der Waals surface area contributed by atoms with Gasteiger partial charge in [0.05, 0.1) is 12.1 Å². The summed E-state index contributed by atoms with van der Waals surface area (Å²) in [6, 6.07) is 10.8. The van der Waals surface area contributed by atoms with Crippen LogP contribution in [0.15, 0.2) is 36.4 Å². The van der Waals surface area contributed by atoms with Crippen LogP contribution in [0.1, 0.15) is 30.9 Å². The van der Waals surface area contributed by atoms with Gasteiger partial charge in [-0.3, -0.25) is 0 Å². The fraction of sp³-hybridized carbons (Fsp3) is 0.375. The first-order chi connectivity index (χ1) is 9.15. The number of hydrogen-bond donors (Lipinski definition) is 3. The summed E-state index contributed by atoms with van der Waals surface area (Å²) in [4.78, 5) is 0. The van der Waals surface area contributed by atoms with Gasteiger partial charge < -0.3 is 15.9 Å². The lowest BCUT2D eigenvalue weighted by Crippen LogP contribution is -2.36. The first kappa shape index (κ1) is 15.1. The molecule has 3 nitrogen and oxygen atoms in total. The van der Waals surface area contributed by atoms with E-state index in [-0.39, 0.29) is 24.2 Å². The molecule has 20 heavy (non-hydrogen) atoms. The molecule has 1 aliphatic carbocycles. The quantitative estimate of drug-likeness (QED) is 0.814. The van der Waals surface area contributed by atoms with Crippen LogP contribution in [-0.2, 0) is 0 Å². The molecule has 2 atom stereocenters. The first-order valence-electron chi connectivity index (χ1n) is 6.81. The number of nitrogens with two attached hydrogens (primary N) is 1. The molecular weight excluding hydrogens is 274 g/mol. The Morgan fingerprint density at radius 3 is 2.35 bits per heavy atom. The molecule has 0 spiro atoms. The summed E-state index contributed by atoms with van der Waals surface area (Å²) in [5, 5.41) is 21.7. The van der Waals surface area contributed by atoms with Crippen LogP contribution in [0.3, 0.4) is 0 Å². The van der Waals surface area contributed by atoms with E-state index in [1.165, 1.54) is 6.42 Å². The molecule has 0 aromatic heterocycles. The van der Waals surface area contributed by atoms with Crippen molar-refractivity contribution in [3.63, 3.8) is 0 Å². The Morgan fingerprint density at radius 1 is 1.05 bits per heavy atom. The normalized spacial score (nSPS) is 18.1. The summed E-state index contributed by atoms with van der Waals surface area (Å²) >= 11 is 0. The summed E-state index contributed by atoms with van der Waals surface area (Å²) in [5.74, 6) is 0.615. The number of rotatable bonds is 3. The zero-order valence-corrected chi connectivity index (χ0v) is 12.0. The molecule has 2 aromatic carbocycles. The zero-order chi connectivity index (χ0) is 13.4. The van der Waals surface area contributed by atoms with E-state index in [1.807, 2.05) is 24.3 Å². The second-order valence-corrected chi connectivity index (χ2v) is 5.50. The fourth-order valence-electron chi connectivity index (χ4n) is 2.73. The number of benzene rings is 2. The number of fused-ring (bicyclic) bond motifs is 1. The predicted molar refractivity (Wildman–Crippen MR) is 83.1 cm³/mol. The SMILES string of the molecule is Cl.N[C@@H](c1ccc2cc(O)ccc2c1)[C@H](O)C1CCC1. The van der Waals surface area contributed by atoms with Gasteiger partial charge in [0.2, 0.25) is 0 Å². The molecule has 0 aliphatic heterocycles. The van der Waals surface area contributed by atoms with Gasteiger partial charge in [-0.25, -0.2) is 0 Å². The van der Waals surface area contributed by atoms with Crippen LogP contribution in [0.25, 0.3) is 10.8 Å². The van der Waals surface area contributed by atoms with E-state index in [4.69, 9.17) is 5.73 Å². The van der Waals surface area contributed by atoms with E-state index in [1.54, 1.807) is 12.1 Å². The number of halogens is 1. The fourth-order valence-corrected chi connectivity index (χ4v) is 2.73. The number of phenolic OH excluding ortho intramolecular Hbond substituents is 1. The number of aliphatic hydroxyl groups excluding tert-OH is 1. The van der Waals surface area contributed by atoms with Gasteiger partial charge in [-0.05, 0) is 53.3 Å². The van der Waals surface area contributed by atoms with Crippen LogP contribution in [0, 0.1) is 5.92 Å². The van der Waals surface area contributed by atoms with Gasteiger partial charge in [0.25, 0.3) is 0 Å². The zero-order valence-electron chi connectivity index (χ0n) is 11.2. The molecular formula is C16H20ClNO2. The minimum Gasteiger partial charge on any atom is -0.508 e. The Labute approximate surface area is 124 Å². The molecule has 0 heterocycles. The van der Waals surface area contributed by atoms with Gasteiger partial charge in [-0.2, -0.15) is 0 Å². The van der Waals surface area contributed by atoms with Crippen LogP contribution >= 0.6 is 12.4 Å². The second-order valence-electron chi connectivity index (χ2n) is 5.50. The number of aliphatic hydroxyl groups is 1. The van der Waals surface area contributed by atoms with Crippen LogP contribution in [0.2, 0.25) is 0 Å².